The molecule has 0 bridgehead atoms. The number of benzene rings is 1. The number of hydrogen-bond donors (Lipinski definition) is 1. The average molecular weight is 345 g/mol. The zero-order valence-corrected chi connectivity index (χ0v) is 14.4. The molecule has 0 unspecified atom stereocenters. The van der Waals surface area contributed by atoms with E-state index in [4.69, 9.17) is 4.74 Å². The van der Waals surface area contributed by atoms with Gasteiger partial charge in [-0.1, -0.05) is 12.8 Å². The fraction of sp³-hybridized carbons (Fsp3) is 0.300. The minimum Gasteiger partial charge on any atom is -0.489 e. The molecule has 26 heavy (non-hydrogen) atoms. The highest BCUT2D eigenvalue weighted by Crippen LogP contribution is 2.29. The molecular weight excluding hydrogens is 326 g/mol. The largest absolute Gasteiger partial charge is 0.489 e. The first kappa shape index (κ1) is 16.3. The van der Waals surface area contributed by atoms with Crippen LogP contribution < -0.4 is 10.1 Å². The van der Waals surface area contributed by atoms with E-state index in [0.29, 0.717) is 18.5 Å². The second kappa shape index (κ2) is 7.36. The van der Waals surface area contributed by atoms with Gasteiger partial charge in [0, 0.05) is 23.8 Å². The van der Waals surface area contributed by atoms with E-state index in [9.17, 15) is 5.26 Å². The van der Waals surface area contributed by atoms with Gasteiger partial charge in [0.25, 0.3) is 0 Å². The molecule has 0 radical (unpaired) electrons. The highest BCUT2D eigenvalue weighted by molar-refractivity contribution is 5.90. The molecule has 6 nitrogen and oxygen atoms in total. The van der Waals surface area contributed by atoms with E-state index in [1.54, 1.807) is 12.4 Å². The molecule has 6 heteroatoms. The van der Waals surface area contributed by atoms with Gasteiger partial charge in [0.2, 0.25) is 5.82 Å². The zero-order valence-electron chi connectivity index (χ0n) is 14.4. The lowest BCUT2D eigenvalue weighted by atomic mass is 10.2. The number of aromatic nitrogens is 3. The number of rotatable bonds is 5. The Balaban J connectivity index is 1.63. The van der Waals surface area contributed by atoms with Crippen LogP contribution in [0.15, 0.2) is 42.7 Å². The van der Waals surface area contributed by atoms with Gasteiger partial charge in [-0.2, -0.15) is 5.26 Å². The molecule has 0 saturated heterocycles. The summed E-state index contributed by atoms with van der Waals surface area (Å²) in [7, 11) is 0. The van der Waals surface area contributed by atoms with Crippen molar-refractivity contribution in [3.8, 4) is 11.8 Å². The molecule has 1 N–H and O–H groups in total. The summed E-state index contributed by atoms with van der Waals surface area (Å²) in [6, 6.07) is 12.0. The van der Waals surface area contributed by atoms with Crippen LogP contribution in [-0.4, -0.2) is 21.0 Å². The van der Waals surface area contributed by atoms with Gasteiger partial charge in [-0.3, -0.25) is 4.98 Å². The van der Waals surface area contributed by atoms with Crippen LogP contribution in [0.25, 0.3) is 10.9 Å². The summed E-state index contributed by atoms with van der Waals surface area (Å²) in [6.45, 7) is 0.469. The predicted octanol–water partition coefficient (Wildman–Crippen LogP) is 3.83. The van der Waals surface area contributed by atoms with Crippen molar-refractivity contribution >= 4 is 16.7 Å². The summed E-state index contributed by atoms with van der Waals surface area (Å²) in [4.78, 5) is 12.7. The van der Waals surface area contributed by atoms with Gasteiger partial charge >= 0.3 is 0 Å². The third-order valence-corrected chi connectivity index (χ3v) is 4.62. The summed E-state index contributed by atoms with van der Waals surface area (Å²) in [5.41, 5.74) is 1.80. The molecule has 2 heterocycles. The molecule has 0 atom stereocenters. The molecule has 4 rings (SSSR count). The lowest BCUT2D eigenvalue weighted by molar-refractivity contribution is 0.306. The van der Waals surface area contributed by atoms with Crippen molar-refractivity contribution in [1.29, 1.82) is 5.26 Å². The second-order valence-electron chi connectivity index (χ2n) is 6.46. The van der Waals surface area contributed by atoms with Crippen LogP contribution in [0.2, 0.25) is 0 Å². The molecule has 1 aliphatic rings. The van der Waals surface area contributed by atoms with Crippen LogP contribution in [0.3, 0.4) is 0 Å². The summed E-state index contributed by atoms with van der Waals surface area (Å²) in [5, 5.41) is 13.6. The standard InChI is InChI=1S/C20H19N5O/c21-12-19-24-18-6-5-16(26-13-14-7-9-22-10-8-14)11-17(18)20(25-19)23-15-3-1-2-4-15/h5-11,15H,1-4,13H2,(H,23,24,25). The highest BCUT2D eigenvalue weighted by atomic mass is 16.5. The van der Waals surface area contributed by atoms with E-state index in [0.717, 1.165) is 35.1 Å². The number of ether oxygens (including phenoxy) is 1. The van der Waals surface area contributed by atoms with Gasteiger partial charge in [-0.15, -0.1) is 0 Å². The monoisotopic (exact) mass is 345 g/mol. The molecule has 3 aromatic rings. The van der Waals surface area contributed by atoms with Crippen LogP contribution in [0.5, 0.6) is 5.75 Å². The molecule has 1 aliphatic carbocycles. The van der Waals surface area contributed by atoms with Crippen LogP contribution in [-0.2, 0) is 6.61 Å². The van der Waals surface area contributed by atoms with E-state index in [-0.39, 0.29) is 5.82 Å². The van der Waals surface area contributed by atoms with E-state index in [1.807, 2.05) is 36.4 Å². The molecule has 1 saturated carbocycles. The van der Waals surface area contributed by atoms with E-state index in [2.05, 4.69) is 20.3 Å². The van der Waals surface area contributed by atoms with Gasteiger partial charge in [-0.05, 0) is 48.7 Å². The Morgan fingerprint density at radius 1 is 1.12 bits per heavy atom. The summed E-state index contributed by atoms with van der Waals surface area (Å²) >= 11 is 0. The molecule has 1 aromatic carbocycles. The molecular formula is C20H19N5O. The number of fused-ring (bicyclic) bond motifs is 1. The average Bonchev–Trinajstić information content (AvgIpc) is 3.20. The Labute approximate surface area is 151 Å². The van der Waals surface area contributed by atoms with Crippen molar-refractivity contribution in [2.45, 2.75) is 38.3 Å². The molecule has 130 valence electrons. The summed E-state index contributed by atoms with van der Waals surface area (Å²) in [6.07, 6.45) is 8.22. The Hall–Kier alpha value is -3.20. The maximum atomic E-state index is 9.21. The lowest BCUT2D eigenvalue weighted by Crippen LogP contribution is -2.16. The smallest absolute Gasteiger partial charge is 0.234 e. The molecule has 0 aliphatic heterocycles. The number of nitrogens with one attached hydrogen (secondary N) is 1. The fourth-order valence-corrected chi connectivity index (χ4v) is 3.27. The van der Waals surface area contributed by atoms with Gasteiger partial charge in [-0.25, -0.2) is 9.97 Å². The number of pyridine rings is 1. The van der Waals surface area contributed by atoms with Crippen molar-refractivity contribution in [2.24, 2.45) is 0 Å². The van der Waals surface area contributed by atoms with Crippen LogP contribution in [0.1, 0.15) is 37.1 Å². The Morgan fingerprint density at radius 2 is 1.92 bits per heavy atom. The molecule has 0 amide bonds. The highest BCUT2D eigenvalue weighted by Gasteiger charge is 2.17. The van der Waals surface area contributed by atoms with Crippen molar-refractivity contribution in [3.05, 3.63) is 54.1 Å². The first-order valence-corrected chi connectivity index (χ1v) is 8.82. The third-order valence-electron chi connectivity index (χ3n) is 4.62. The second-order valence-corrected chi connectivity index (χ2v) is 6.46. The van der Waals surface area contributed by atoms with Crippen LogP contribution in [0.4, 0.5) is 5.82 Å². The minimum atomic E-state index is 0.184. The lowest BCUT2D eigenvalue weighted by Gasteiger charge is -2.15. The van der Waals surface area contributed by atoms with Crippen molar-refractivity contribution in [3.63, 3.8) is 0 Å². The number of nitrogens with zero attached hydrogens (tertiary/aromatic N) is 4. The van der Waals surface area contributed by atoms with Crippen molar-refractivity contribution < 1.29 is 4.74 Å². The number of nitriles is 1. The zero-order chi connectivity index (χ0) is 17.8. The fourth-order valence-electron chi connectivity index (χ4n) is 3.27. The van der Waals surface area contributed by atoms with Gasteiger partial charge in [0.05, 0.1) is 5.52 Å². The van der Waals surface area contributed by atoms with E-state index >= 15 is 0 Å². The summed E-state index contributed by atoms with van der Waals surface area (Å²) in [5.74, 6) is 1.65. The predicted molar refractivity (Wildman–Crippen MR) is 98.7 cm³/mol. The first-order valence-electron chi connectivity index (χ1n) is 8.82. The quantitative estimate of drug-likeness (QED) is 0.756. The molecule has 1 fully saturated rings. The van der Waals surface area contributed by atoms with Crippen LogP contribution in [0, 0.1) is 11.3 Å². The Kier molecular flexibility index (Phi) is 4.61. The van der Waals surface area contributed by atoms with E-state index < -0.39 is 0 Å². The normalized spacial score (nSPS) is 14.3. The van der Waals surface area contributed by atoms with Gasteiger partial charge in [0.15, 0.2) is 0 Å². The molecule has 0 spiro atoms. The van der Waals surface area contributed by atoms with Crippen molar-refractivity contribution in [2.75, 3.05) is 5.32 Å². The van der Waals surface area contributed by atoms with Crippen LogP contribution >= 0.6 is 0 Å². The summed E-state index contributed by atoms with van der Waals surface area (Å²) < 4.78 is 5.91. The number of hydrogen-bond acceptors (Lipinski definition) is 6. The molecule has 2 aromatic heterocycles. The SMILES string of the molecule is N#Cc1nc(NC2CCCC2)c2cc(OCc3ccncc3)ccc2n1. The number of anilines is 1. The maximum absolute atomic E-state index is 9.21. The Morgan fingerprint density at radius 3 is 2.69 bits per heavy atom. The van der Waals surface area contributed by atoms with Gasteiger partial charge < -0.3 is 10.1 Å². The van der Waals surface area contributed by atoms with Gasteiger partial charge in [0.1, 0.15) is 24.2 Å². The topological polar surface area (TPSA) is 83.7 Å². The first-order chi connectivity index (χ1) is 12.8. The Bertz CT molecular complexity index is 946. The van der Waals surface area contributed by atoms with E-state index in [1.165, 1.54) is 12.8 Å². The third kappa shape index (κ3) is 3.57. The minimum absolute atomic E-state index is 0.184. The van der Waals surface area contributed by atoms with Crippen molar-refractivity contribution in [1.82, 2.24) is 15.0 Å². The maximum Gasteiger partial charge on any atom is 0.234 e.